The third-order valence-corrected chi connectivity index (χ3v) is 5.61. The van der Waals surface area contributed by atoms with Crippen molar-refractivity contribution in [3.63, 3.8) is 0 Å². The Morgan fingerprint density at radius 3 is 2.68 bits per heavy atom. The van der Waals surface area contributed by atoms with Crippen LogP contribution in [0, 0.1) is 13.8 Å². The number of benzene rings is 2. The molecule has 0 aliphatic heterocycles. The molecule has 0 heterocycles. The van der Waals surface area contributed by atoms with Crippen LogP contribution in [0.4, 0.5) is 5.69 Å². The molecular formula is C22H28N2O2S2. The lowest BCUT2D eigenvalue weighted by Gasteiger charge is -2.13. The molecule has 28 heavy (non-hydrogen) atoms. The molecule has 0 radical (unpaired) electrons. The monoisotopic (exact) mass is 416 g/mol. The molecule has 0 atom stereocenters. The first-order valence-corrected chi connectivity index (χ1v) is 11.0. The van der Waals surface area contributed by atoms with Crippen LogP contribution >= 0.6 is 24.0 Å². The quantitative estimate of drug-likeness (QED) is 0.337. The van der Waals surface area contributed by atoms with Crippen molar-refractivity contribution >= 4 is 40.7 Å². The molecule has 2 N–H and O–H groups in total. The van der Waals surface area contributed by atoms with Crippen molar-refractivity contribution < 1.29 is 9.53 Å². The third-order valence-electron chi connectivity index (χ3n) is 4.27. The minimum Gasteiger partial charge on any atom is -0.462 e. The molecule has 0 spiro atoms. The minimum absolute atomic E-state index is 0.324. The Kier molecular flexibility index (Phi) is 9.31. The summed E-state index contributed by atoms with van der Waals surface area (Å²) >= 11 is 7.32. The first-order chi connectivity index (χ1) is 13.5. The maximum atomic E-state index is 11.9. The molecule has 0 saturated carbocycles. The van der Waals surface area contributed by atoms with E-state index < -0.39 is 0 Å². The zero-order valence-corrected chi connectivity index (χ0v) is 18.3. The standard InChI is InChI=1S/C22H28N2O2S2/c1-4-26-21(25)18-11-10-17(3)20(14-18)24-22(27)23-12-7-13-28-15-19-9-6-5-8-16(19)2/h5-6,8-11,14H,4,7,12-13,15H2,1-3H3,(H2,23,24,27). The van der Waals surface area contributed by atoms with E-state index in [-0.39, 0.29) is 5.97 Å². The highest BCUT2D eigenvalue weighted by Crippen LogP contribution is 2.18. The molecule has 0 aromatic heterocycles. The number of hydrogen-bond donors (Lipinski definition) is 2. The minimum atomic E-state index is -0.324. The molecule has 0 amide bonds. The normalized spacial score (nSPS) is 10.4. The van der Waals surface area contributed by atoms with Crippen molar-refractivity contribution in [2.24, 2.45) is 0 Å². The molecule has 150 valence electrons. The second-order valence-electron chi connectivity index (χ2n) is 6.46. The Morgan fingerprint density at radius 2 is 1.93 bits per heavy atom. The number of carbonyl (C=O) groups excluding carboxylic acids is 1. The van der Waals surface area contributed by atoms with Crippen LogP contribution in [0.3, 0.4) is 0 Å². The van der Waals surface area contributed by atoms with E-state index in [1.807, 2.05) is 24.8 Å². The van der Waals surface area contributed by atoms with Crippen LogP contribution < -0.4 is 10.6 Å². The Bertz CT molecular complexity index is 809. The van der Waals surface area contributed by atoms with E-state index in [2.05, 4.69) is 41.8 Å². The number of carbonyl (C=O) groups is 1. The average Bonchev–Trinajstić information content (AvgIpc) is 2.67. The highest BCUT2D eigenvalue weighted by atomic mass is 32.2. The maximum Gasteiger partial charge on any atom is 0.338 e. The van der Waals surface area contributed by atoms with Crippen molar-refractivity contribution in [3.05, 3.63) is 64.7 Å². The molecule has 0 saturated heterocycles. The van der Waals surface area contributed by atoms with Gasteiger partial charge in [0.05, 0.1) is 12.2 Å². The van der Waals surface area contributed by atoms with Crippen LogP contribution in [-0.2, 0) is 10.5 Å². The number of hydrogen-bond acceptors (Lipinski definition) is 4. The van der Waals surface area contributed by atoms with Crippen LogP contribution in [-0.4, -0.2) is 30.0 Å². The molecule has 2 rings (SSSR count). The van der Waals surface area contributed by atoms with Gasteiger partial charge in [-0.1, -0.05) is 30.3 Å². The Morgan fingerprint density at radius 1 is 1.14 bits per heavy atom. The fourth-order valence-corrected chi connectivity index (χ4v) is 3.84. The highest BCUT2D eigenvalue weighted by molar-refractivity contribution is 7.98. The maximum absolute atomic E-state index is 11.9. The van der Waals surface area contributed by atoms with Gasteiger partial charge in [0, 0.05) is 18.0 Å². The summed E-state index contributed by atoms with van der Waals surface area (Å²) in [5.41, 5.74) is 5.10. The number of nitrogens with one attached hydrogen (secondary N) is 2. The topological polar surface area (TPSA) is 50.4 Å². The molecule has 0 aliphatic rings. The summed E-state index contributed by atoms with van der Waals surface area (Å²) in [6, 6.07) is 13.9. The summed E-state index contributed by atoms with van der Waals surface area (Å²) < 4.78 is 5.05. The number of rotatable bonds is 9. The zero-order valence-electron chi connectivity index (χ0n) is 16.7. The lowest BCUT2D eigenvalue weighted by molar-refractivity contribution is 0.0526. The van der Waals surface area contributed by atoms with Crippen LogP contribution in [0.2, 0.25) is 0 Å². The Hall–Kier alpha value is -2.05. The van der Waals surface area contributed by atoms with Crippen molar-refractivity contribution in [1.82, 2.24) is 5.32 Å². The first-order valence-electron chi connectivity index (χ1n) is 9.46. The van der Waals surface area contributed by atoms with E-state index in [1.165, 1.54) is 11.1 Å². The summed E-state index contributed by atoms with van der Waals surface area (Å²) in [7, 11) is 0. The smallest absolute Gasteiger partial charge is 0.338 e. The van der Waals surface area contributed by atoms with Gasteiger partial charge in [0.25, 0.3) is 0 Å². The number of esters is 1. The molecule has 6 heteroatoms. The van der Waals surface area contributed by atoms with E-state index in [1.54, 1.807) is 19.1 Å². The van der Waals surface area contributed by atoms with E-state index in [4.69, 9.17) is 17.0 Å². The predicted octanol–water partition coefficient (Wildman–Crippen LogP) is 5.09. The van der Waals surface area contributed by atoms with Crippen molar-refractivity contribution in [2.45, 2.75) is 32.9 Å². The SMILES string of the molecule is CCOC(=O)c1ccc(C)c(NC(=S)NCCCSCc2ccccc2C)c1. The fourth-order valence-electron chi connectivity index (χ4n) is 2.59. The van der Waals surface area contributed by atoms with Crippen LogP contribution in [0.25, 0.3) is 0 Å². The number of thioether (sulfide) groups is 1. The van der Waals surface area contributed by atoms with Gasteiger partial charge in [0.1, 0.15) is 0 Å². The average molecular weight is 417 g/mol. The van der Waals surface area contributed by atoms with Gasteiger partial charge in [-0.05, 0) is 74.0 Å². The van der Waals surface area contributed by atoms with Gasteiger partial charge < -0.3 is 15.4 Å². The molecule has 0 unspecified atom stereocenters. The van der Waals surface area contributed by atoms with E-state index in [0.717, 1.165) is 35.7 Å². The van der Waals surface area contributed by atoms with E-state index >= 15 is 0 Å². The Labute approximate surface area is 177 Å². The van der Waals surface area contributed by atoms with E-state index in [9.17, 15) is 4.79 Å². The molecule has 2 aromatic carbocycles. The van der Waals surface area contributed by atoms with Crippen LogP contribution in [0.15, 0.2) is 42.5 Å². The number of aryl methyl sites for hydroxylation is 2. The van der Waals surface area contributed by atoms with Gasteiger partial charge in [-0.15, -0.1) is 0 Å². The zero-order chi connectivity index (χ0) is 20.4. The third kappa shape index (κ3) is 7.17. The van der Waals surface area contributed by atoms with Gasteiger partial charge in [-0.2, -0.15) is 11.8 Å². The van der Waals surface area contributed by atoms with E-state index in [0.29, 0.717) is 17.3 Å². The van der Waals surface area contributed by atoms with Gasteiger partial charge in [0.2, 0.25) is 0 Å². The number of anilines is 1. The summed E-state index contributed by atoms with van der Waals surface area (Å²) in [5.74, 6) is 1.78. The largest absolute Gasteiger partial charge is 0.462 e. The second-order valence-corrected chi connectivity index (χ2v) is 7.98. The van der Waals surface area contributed by atoms with Crippen LogP contribution in [0.1, 0.15) is 40.4 Å². The van der Waals surface area contributed by atoms with Crippen LogP contribution in [0.5, 0.6) is 0 Å². The van der Waals surface area contributed by atoms with Gasteiger partial charge in [0.15, 0.2) is 5.11 Å². The van der Waals surface area contributed by atoms with Gasteiger partial charge in [-0.25, -0.2) is 4.79 Å². The molecule has 0 aliphatic carbocycles. The summed E-state index contributed by atoms with van der Waals surface area (Å²) in [4.78, 5) is 11.9. The van der Waals surface area contributed by atoms with Crippen molar-refractivity contribution in [3.8, 4) is 0 Å². The fraction of sp³-hybridized carbons (Fsp3) is 0.364. The summed E-state index contributed by atoms with van der Waals surface area (Å²) in [5, 5.41) is 6.97. The van der Waals surface area contributed by atoms with Gasteiger partial charge >= 0.3 is 5.97 Å². The summed E-state index contributed by atoms with van der Waals surface area (Å²) in [6.07, 6.45) is 1.03. The highest BCUT2D eigenvalue weighted by Gasteiger charge is 2.09. The molecule has 0 fully saturated rings. The predicted molar refractivity (Wildman–Crippen MR) is 123 cm³/mol. The second kappa shape index (κ2) is 11.7. The van der Waals surface area contributed by atoms with Crippen molar-refractivity contribution in [2.75, 3.05) is 24.2 Å². The summed E-state index contributed by atoms with van der Waals surface area (Å²) in [6.45, 7) is 7.09. The molecule has 4 nitrogen and oxygen atoms in total. The first kappa shape index (κ1) is 22.2. The molecule has 0 bridgehead atoms. The number of thiocarbonyl (C=S) groups is 1. The van der Waals surface area contributed by atoms with Gasteiger partial charge in [-0.3, -0.25) is 0 Å². The molecule has 2 aromatic rings. The van der Waals surface area contributed by atoms with Crippen molar-refractivity contribution in [1.29, 1.82) is 0 Å². The molecular weight excluding hydrogens is 388 g/mol. The Balaban J connectivity index is 1.71. The lowest BCUT2D eigenvalue weighted by Crippen LogP contribution is -2.29. The number of ether oxygens (including phenoxy) is 1. The lowest BCUT2D eigenvalue weighted by atomic mass is 10.1.